The molecule has 4 heteroatoms. The summed E-state index contributed by atoms with van der Waals surface area (Å²) in [5.74, 6) is 1.33. The predicted octanol–water partition coefficient (Wildman–Crippen LogP) is 3.81. The first-order valence-electron chi connectivity index (χ1n) is 9.35. The second-order valence-electron chi connectivity index (χ2n) is 7.64. The van der Waals surface area contributed by atoms with Crippen LogP contribution in [0.3, 0.4) is 0 Å². The minimum absolute atomic E-state index is 0.0491. The van der Waals surface area contributed by atoms with Crippen LogP contribution in [0.2, 0.25) is 0 Å². The van der Waals surface area contributed by atoms with Gasteiger partial charge in [-0.15, -0.1) is 5.10 Å². The number of aliphatic hydroxyl groups is 1. The fourth-order valence-corrected chi connectivity index (χ4v) is 3.68. The second kappa shape index (κ2) is 7.96. The van der Waals surface area contributed by atoms with Crippen LogP contribution in [-0.4, -0.2) is 35.0 Å². The SMILES string of the molecule is CC(C)c1ccc(N2CCC[C@](CO)(CCc3ccccc3)C2)nn1. The quantitative estimate of drug-likeness (QED) is 0.869. The van der Waals surface area contributed by atoms with Crippen molar-refractivity contribution in [1.82, 2.24) is 10.2 Å². The van der Waals surface area contributed by atoms with Crippen LogP contribution in [0, 0.1) is 5.41 Å². The standard InChI is InChI=1S/C21H29N3O/c1-17(2)19-9-10-20(23-22-19)24-14-6-12-21(15-24,16-25)13-11-18-7-4-3-5-8-18/h3-5,7-10,17,25H,6,11-16H2,1-2H3/t21-/m0/s1. The summed E-state index contributed by atoms with van der Waals surface area (Å²) in [5, 5.41) is 18.9. The number of hydrogen-bond acceptors (Lipinski definition) is 4. The summed E-state index contributed by atoms with van der Waals surface area (Å²) in [7, 11) is 0. The van der Waals surface area contributed by atoms with Crippen molar-refractivity contribution in [2.24, 2.45) is 5.41 Å². The summed E-state index contributed by atoms with van der Waals surface area (Å²) >= 11 is 0. The minimum Gasteiger partial charge on any atom is -0.396 e. The molecule has 2 heterocycles. The highest BCUT2D eigenvalue weighted by Crippen LogP contribution is 2.35. The van der Waals surface area contributed by atoms with Crippen molar-refractivity contribution in [2.75, 3.05) is 24.6 Å². The molecule has 1 aromatic heterocycles. The van der Waals surface area contributed by atoms with Gasteiger partial charge in [-0.05, 0) is 49.3 Å². The molecule has 0 spiro atoms. The van der Waals surface area contributed by atoms with Gasteiger partial charge in [0.1, 0.15) is 0 Å². The van der Waals surface area contributed by atoms with E-state index in [0.29, 0.717) is 5.92 Å². The maximum atomic E-state index is 10.1. The van der Waals surface area contributed by atoms with Crippen LogP contribution in [0.5, 0.6) is 0 Å². The Balaban J connectivity index is 1.69. The van der Waals surface area contributed by atoms with Crippen LogP contribution < -0.4 is 4.90 Å². The Morgan fingerprint density at radius 1 is 1.12 bits per heavy atom. The molecule has 0 saturated carbocycles. The molecule has 0 aliphatic carbocycles. The van der Waals surface area contributed by atoms with Gasteiger partial charge in [0.05, 0.1) is 12.3 Å². The molecular weight excluding hydrogens is 310 g/mol. The lowest BCUT2D eigenvalue weighted by molar-refractivity contribution is 0.0962. The number of piperidine rings is 1. The van der Waals surface area contributed by atoms with E-state index < -0.39 is 0 Å². The number of rotatable bonds is 6. The van der Waals surface area contributed by atoms with Gasteiger partial charge in [-0.2, -0.15) is 5.10 Å². The smallest absolute Gasteiger partial charge is 0.151 e. The summed E-state index contributed by atoms with van der Waals surface area (Å²) in [6.45, 7) is 6.33. The maximum Gasteiger partial charge on any atom is 0.151 e. The van der Waals surface area contributed by atoms with Crippen molar-refractivity contribution < 1.29 is 5.11 Å². The number of aryl methyl sites for hydroxylation is 1. The van der Waals surface area contributed by atoms with E-state index in [9.17, 15) is 5.11 Å². The maximum absolute atomic E-state index is 10.1. The van der Waals surface area contributed by atoms with Crippen molar-refractivity contribution in [2.45, 2.75) is 45.4 Å². The Morgan fingerprint density at radius 2 is 1.92 bits per heavy atom. The highest BCUT2D eigenvalue weighted by Gasteiger charge is 2.35. The Hall–Kier alpha value is -1.94. The van der Waals surface area contributed by atoms with E-state index in [1.54, 1.807) is 0 Å². The van der Waals surface area contributed by atoms with Gasteiger partial charge in [0.25, 0.3) is 0 Å². The lowest BCUT2D eigenvalue weighted by Crippen LogP contribution is -2.46. The first-order chi connectivity index (χ1) is 12.1. The Labute approximate surface area is 150 Å². The number of benzene rings is 1. The fraction of sp³-hybridized carbons (Fsp3) is 0.524. The van der Waals surface area contributed by atoms with E-state index in [4.69, 9.17) is 0 Å². The topological polar surface area (TPSA) is 49.2 Å². The van der Waals surface area contributed by atoms with E-state index >= 15 is 0 Å². The monoisotopic (exact) mass is 339 g/mol. The predicted molar refractivity (Wildman–Crippen MR) is 102 cm³/mol. The first-order valence-corrected chi connectivity index (χ1v) is 9.35. The molecule has 3 rings (SSSR count). The van der Waals surface area contributed by atoms with Gasteiger partial charge in [0, 0.05) is 18.5 Å². The molecule has 1 atom stereocenters. The molecule has 0 amide bonds. The van der Waals surface area contributed by atoms with E-state index in [0.717, 1.165) is 50.3 Å². The molecule has 1 fully saturated rings. The third kappa shape index (κ3) is 4.37. The fourth-order valence-electron chi connectivity index (χ4n) is 3.68. The van der Waals surface area contributed by atoms with E-state index in [2.05, 4.69) is 65.3 Å². The van der Waals surface area contributed by atoms with Gasteiger partial charge in [-0.3, -0.25) is 0 Å². The summed E-state index contributed by atoms with van der Waals surface area (Å²) in [6, 6.07) is 14.7. The third-order valence-corrected chi connectivity index (χ3v) is 5.37. The molecule has 1 aliphatic heterocycles. The molecule has 0 bridgehead atoms. The molecule has 1 saturated heterocycles. The van der Waals surface area contributed by atoms with E-state index in [1.807, 2.05) is 6.07 Å². The Morgan fingerprint density at radius 3 is 2.56 bits per heavy atom. The van der Waals surface area contributed by atoms with Gasteiger partial charge in [-0.25, -0.2) is 0 Å². The Bertz CT molecular complexity index is 657. The molecule has 0 radical (unpaired) electrons. The van der Waals surface area contributed by atoms with Gasteiger partial charge in [-0.1, -0.05) is 44.2 Å². The summed E-state index contributed by atoms with van der Waals surface area (Å²) < 4.78 is 0. The number of hydrogen-bond donors (Lipinski definition) is 1. The van der Waals surface area contributed by atoms with Crippen LogP contribution in [0.25, 0.3) is 0 Å². The molecular formula is C21H29N3O. The molecule has 4 nitrogen and oxygen atoms in total. The van der Waals surface area contributed by atoms with Gasteiger partial charge < -0.3 is 10.0 Å². The molecule has 134 valence electrons. The van der Waals surface area contributed by atoms with Crippen molar-refractivity contribution >= 4 is 5.82 Å². The summed E-state index contributed by atoms with van der Waals surface area (Å²) in [4.78, 5) is 2.29. The van der Waals surface area contributed by atoms with Crippen LogP contribution in [-0.2, 0) is 6.42 Å². The van der Waals surface area contributed by atoms with Crippen LogP contribution >= 0.6 is 0 Å². The van der Waals surface area contributed by atoms with Crippen molar-refractivity contribution in [3.63, 3.8) is 0 Å². The molecule has 0 unspecified atom stereocenters. The highest BCUT2D eigenvalue weighted by atomic mass is 16.3. The van der Waals surface area contributed by atoms with Crippen molar-refractivity contribution in [1.29, 1.82) is 0 Å². The zero-order chi connectivity index (χ0) is 17.7. The van der Waals surface area contributed by atoms with Gasteiger partial charge >= 0.3 is 0 Å². The normalized spacial score (nSPS) is 20.9. The second-order valence-corrected chi connectivity index (χ2v) is 7.64. The number of nitrogens with zero attached hydrogens (tertiary/aromatic N) is 3. The number of aliphatic hydroxyl groups excluding tert-OH is 1. The average Bonchev–Trinajstić information content (AvgIpc) is 2.67. The molecule has 25 heavy (non-hydrogen) atoms. The number of aromatic nitrogens is 2. The third-order valence-electron chi connectivity index (χ3n) is 5.37. The molecule has 1 N–H and O–H groups in total. The minimum atomic E-state index is -0.0491. The molecule has 1 aliphatic rings. The zero-order valence-electron chi connectivity index (χ0n) is 15.4. The van der Waals surface area contributed by atoms with Gasteiger partial charge in [0.2, 0.25) is 0 Å². The first kappa shape index (κ1) is 17.9. The number of anilines is 1. The zero-order valence-corrected chi connectivity index (χ0v) is 15.4. The average molecular weight is 339 g/mol. The lowest BCUT2D eigenvalue weighted by atomic mass is 9.76. The van der Waals surface area contributed by atoms with Crippen LogP contribution in [0.4, 0.5) is 5.82 Å². The molecule has 1 aromatic carbocycles. The lowest BCUT2D eigenvalue weighted by Gasteiger charge is -2.42. The molecule has 2 aromatic rings. The van der Waals surface area contributed by atoms with Crippen LogP contribution in [0.1, 0.15) is 50.3 Å². The highest BCUT2D eigenvalue weighted by molar-refractivity contribution is 5.39. The van der Waals surface area contributed by atoms with Crippen LogP contribution in [0.15, 0.2) is 42.5 Å². The Kier molecular flexibility index (Phi) is 5.69. The van der Waals surface area contributed by atoms with E-state index in [-0.39, 0.29) is 12.0 Å². The van der Waals surface area contributed by atoms with Gasteiger partial charge in [0.15, 0.2) is 5.82 Å². The van der Waals surface area contributed by atoms with E-state index in [1.165, 1.54) is 5.56 Å². The van der Waals surface area contributed by atoms with Crippen molar-refractivity contribution in [3.8, 4) is 0 Å². The summed E-state index contributed by atoms with van der Waals surface area (Å²) in [6.07, 6.45) is 4.17. The van der Waals surface area contributed by atoms with Crippen molar-refractivity contribution in [3.05, 3.63) is 53.7 Å². The largest absolute Gasteiger partial charge is 0.396 e. The summed E-state index contributed by atoms with van der Waals surface area (Å²) in [5.41, 5.74) is 2.32.